The van der Waals surface area contributed by atoms with Gasteiger partial charge in [-0.15, -0.1) is 0 Å². The van der Waals surface area contributed by atoms with Crippen molar-refractivity contribution in [2.24, 2.45) is 0 Å². The van der Waals surface area contributed by atoms with Crippen LogP contribution >= 0.6 is 0 Å². The van der Waals surface area contributed by atoms with Gasteiger partial charge in [-0.3, -0.25) is 0 Å². The number of fused-ring (bicyclic) bond motifs is 1. The normalized spacial score (nSPS) is 11.5. The van der Waals surface area contributed by atoms with E-state index in [-0.39, 0.29) is 0 Å². The van der Waals surface area contributed by atoms with Gasteiger partial charge in [-0.05, 0) is 54.5 Å². The predicted octanol–water partition coefficient (Wildman–Crippen LogP) is 5.16. The first-order valence-electron chi connectivity index (χ1n) is 8.02. The molecule has 0 saturated carbocycles. The Bertz CT molecular complexity index is 994. The number of hydrogen-bond acceptors (Lipinski definition) is 2. The van der Waals surface area contributed by atoms with Gasteiger partial charge >= 0.3 is 0 Å². The number of rotatable bonds is 4. The molecule has 4 rings (SSSR count). The number of nitrogens with zero attached hydrogens (tertiary/aromatic N) is 2. The summed E-state index contributed by atoms with van der Waals surface area (Å²) in [6.07, 6.45) is 5.64. The number of para-hydroxylation sites is 2. The molecule has 0 saturated heterocycles. The molecule has 4 aromatic rings. The zero-order valence-corrected chi connectivity index (χ0v) is 13.5. The van der Waals surface area contributed by atoms with Gasteiger partial charge in [0.1, 0.15) is 11.6 Å². The molecule has 0 unspecified atom stereocenters. The molecule has 118 valence electrons. The van der Waals surface area contributed by atoms with Gasteiger partial charge in [0.25, 0.3) is 0 Å². The summed E-state index contributed by atoms with van der Waals surface area (Å²) < 4.78 is 7.63. The number of aryl methyl sites for hydroxylation is 1. The average Bonchev–Trinajstić information content (AvgIpc) is 3.23. The number of furan rings is 1. The van der Waals surface area contributed by atoms with Crippen molar-refractivity contribution < 1.29 is 4.42 Å². The van der Waals surface area contributed by atoms with Crippen LogP contribution in [-0.4, -0.2) is 9.55 Å². The summed E-state index contributed by atoms with van der Waals surface area (Å²) in [6.45, 7) is 2.94. The van der Waals surface area contributed by atoms with E-state index in [1.807, 2.05) is 36.4 Å². The first kappa shape index (κ1) is 14.5. The average molecular weight is 314 g/mol. The largest absolute Gasteiger partial charge is 0.465 e. The molecule has 0 bridgehead atoms. The molecular formula is C21H18N2O. The Balaban J connectivity index is 1.80. The summed E-state index contributed by atoms with van der Waals surface area (Å²) in [7, 11) is 0. The summed E-state index contributed by atoms with van der Waals surface area (Å²) in [6, 6.07) is 20.5. The molecule has 2 aromatic carbocycles. The summed E-state index contributed by atoms with van der Waals surface area (Å²) in [5.74, 6) is 1.75. The van der Waals surface area contributed by atoms with Gasteiger partial charge < -0.3 is 8.98 Å². The van der Waals surface area contributed by atoms with Crippen LogP contribution in [0.15, 0.2) is 71.3 Å². The molecule has 3 heteroatoms. The van der Waals surface area contributed by atoms with Crippen LogP contribution in [0.2, 0.25) is 0 Å². The second-order valence-electron chi connectivity index (χ2n) is 5.82. The molecule has 2 heterocycles. The molecular weight excluding hydrogens is 296 g/mol. The second-order valence-corrected chi connectivity index (χ2v) is 5.82. The zero-order valence-electron chi connectivity index (χ0n) is 13.5. The lowest BCUT2D eigenvalue weighted by Gasteiger charge is -2.10. The van der Waals surface area contributed by atoms with E-state index in [4.69, 9.17) is 9.40 Å². The molecule has 0 aliphatic carbocycles. The standard InChI is InChI=1S/C21H18N2O/c1-16-7-2-3-8-17(16)15-23-20-11-5-4-10-19(20)22-21(23)13-12-18-9-6-14-24-18/h2-14H,15H2,1H3/b13-12+. The van der Waals surface area contributed by atoms with Crippen LogP contribution < -0.4 is 0 Å². The Morgan fingerprint density at radius 3 is 2.62 bits per heavy atom. The minimum Gasteiger partial charge on any atom is -0.465 e. The Kier molecular flexibility index (Phi) is 3.75. The Morgan fingerprint density at radius 1 is 0.958 bits per heavy atom. The zero-order chi connectivity index (χ0) is 16.4. The maximum atomic E-state index is 5.38. The number of benzene rings is 2. The van der Waals surface area contributed by atoms with Gasteiger partial charge in [-0.2, -0.15) is 0 Å². The number of imidazole rings is 1. The molecule has 0 atom stereocenters. The maximum Gasteiger partial charge on any atom is 0.134 e. The molecule has 24 heavy (non-hydrogen) atoms. The number of hydrogen-bond donors (Lipinski definition) is 0. The highest BCUT2D eigenvalue weighted by Crippen LogP contribution is 2.21. The Labute approximate surface area is 140 Å². The lowest BCUT2D eigenvalue weighted by Crippen LogP contribution is -2.03. The topological polar surface area (TPSA) is 31.0 Å². The van der Waals surface area contributed by atoms with E-state index in [2.05, 4.69) is 47.9 Å². The lowest BCUT2D eigenvalue weighted by molar-refractivity contribution is 0.557. The first-order chi connectivity index (χ1) is 11.8. The molecule has 3 nitrogen and oxygen atoms in total. The highest BCUT2D eigenvalue weighted by atomic mass is 16.3. The van der Waals surface area contributed by atoms with Crippen LogP contribution in [0.4, 0.5) is 0 Å². The van der Waals surface area contributed by atoms with Crippen LogP contribution in [-0.2, 0) is 6.54 Å². The van der Waals surface area contributed by atoms with Crippen LogP contribution in [0.1, 0.15) is 22.7 Å². The first-order valence-corrected chi connectivity index (χ1v) is 8.02. The fourth-order valence-corrected chi connectivity index (χ4v) is 2.89. The van der Waals surface area contributed by atoms with Crippen molar-refractivity contribution in [2.75, 3.05) is 0 Å². The van der Waals surface area contributed by atoms with E-state index in [9.17, 15) is 0 Å². The van der Waals surface area contributed by atoms with Crippen LogP contribution in [0.25, 0.3) is 23.2 Å². The van der Waals surface area contributed by atoms with Gasteiger partial charge in [0.15, 0.2) is 0 Å². The van der Waals surface area contributed by atoms with Crippen molar-refractivity contribution in [1.82, 2.24) is 9.55 Å². The van der Waals surface area contributed by atoms with Gasteiger partial charge in [0.2, 0.25) is 0 Å². The second kappa shape index (κ2) is 6.20. The molecule has 0 fully saturated rings. The third-order valence-corrected chi connectivity index (χ3v) is 4.21. The third kappa shape index (κ3) is 2.76. The minimum atomic E-state index is 0.797. The molecule has 0 spiro atoms. The van der Waals surface area contributed by atoms with Crippen LogP contribution in [0.3, 0.4) is 0 Å². The molecule has 0 radical (unpaired) electrons. The maximum absolute atomic E-state index is 5.38. The predicted molar refractivity (Wildman–Crippen MR) is 97.7 cm³/mol. The van der Waals surface area contributed by atoms with Crippen molar-refractivity contribution in [3.8, 4) is 0 Å². The summed E-state index contributed by atoms with van der Waals surface area (Å²) in [4.78, 5) is 4.77. The molecule has 2 aromatic heterocycles. The molecule has 0 aliphatic rings. The van der Waals surface area contributed by atoms with Crippen molar-refractivity contribution in [2.45, 2.75) is 13.5 Å². The van der Waals surface area contributed by atoms with Crippen molar-refractivity contribution in [3.63, 3.8) is 0 Å². The molecule has 0 amide bonds. The number of aromatic nitrogens is 2. The fourth-order valence-electron chi connectivity index (χ4n) is 2.89. The van der Waals surface area contributed by atoms with Gasteiger partial charge in [-0.25, -0.2) is 4.98 Å². The van der Waals surface area contributed by atoms with Gasteiger partial charge in [0, 0.05) is 6.54 Å². The van der Waals surface area contributed by atoms with Crippen molar-refractivity contribution in [1.29, 1.82) is 0 Å². The molecule has 0 N–H and O–H groups in total. The third-order valence-electron chi connectivity index (χ3n) is 4.21. The lowest BCUT2D eigenvalue weighted by atomic mass is 10.1. The Hall–Kier alpha value is -3.07. The highest BCUT2D eigenvalue weighted by Gasteiger charge is 2.09. The van der Waals surface area contributed by atoms with Gasteiger partial charge in [-0.1, -0.05) is 36.4 Å². The van der Waals surface area contributed by atoms with E-state index >= 15 is 0 Å². The molecule has 0 aliphatic heterocycles. The van der Waals surface area contributed by atoms with Gasteiger partial charge in [0.05, 0.1) is 17.3 Å². The Morgan fingerprint density at radius 2 is 1.79 bits per heavy atom. The summed E-state index contributed by atoms with van der Waals surface area (Å²) >= 11 is 0. The highest BCUT2D eigenvalue weighted by molar-refractivity contribution is 5.79. The summed E-state index contributed by atoms with van der Waals surface area (Å²) in [5.41, 5.74) is 4.73. The van der Waals surface area contributed by atoms with Crippen LogP contribution in [0.5, 0.6) is 0 Å². The SMILES string of the molecule is Cc1ccccc1Cn1c(/C=C/c2ccco2)nc2ccccc21. The van der Waals surface area contributed by atoms with E-state index in [0.29, 0.717) is 0 Å². The van der Waals surface area contributed by atoms with Crippen LogP contribution in [0, 0.1) is 6.92 Å². The fraction of sp³-hybridized carbons (Fsp3) is 0.0952. The monoisotopic (exact) mass is 314 g/mol. The quantitative estimate of drug-likeness (QED) is 0.521. The minimum absolute atomic E-state index is 0.797. The smallest absolute Gasteiger partial charge is 0.134 e. The van der Waals surface area contributed by atoms with Crippen molar-refractivity contribution in [3.05, 3.63) is 89.6 Å². The van der Waals surface area contributed by atoms with E-state index in [1.54, 1.807) is 6.26 Å². The van der Waals surface area contributed by atoms with E-state index in [0.717, 1.165) is 29.2 Å². The van der Waals surface area contributed by atoms with E-state index < -0.39 is 0 Å². The summed E-state index contributed by atoms with van der Waals surface area (Å²) in [5, 5.41) is 0. The van der Waals surface area contributed by atoms with E-state index in [1.165, 1.54) is 11.1 Å². The van der Waals surface area contributed by atoms with Crippen molar-refractivity contribution >= 4 is 23.2 Å².